The molecule has 0 aliphatic rings. The van der Waals surface area contributed by atoms with E-state index < -0.39 is 31.5 Å². The Hall–Kier alpha value is -1.97. The zero-order valence-electron chi connectivity index (χ0n) is 42.4. The van der Waals surface area contributed by atoms with E-state index in [4.69, 9.17) is 9.26 Å². The Kier molecular flexibility index (Phi) is 42.2. The predicted molar refractivity (Wildman–Crippen MR) is 267 cm³/mol. The lowest BCUT2D eigenvalue weighted by Gasteiger charge is -2.22. The quantitative estimate of drug-likeness (QED) is 0.0267. The van der Waals surface area contributed by atoms with Gasteiger partial charge in [-0.05, 0) is 38.0 Å². The molecule has 0 aromatic rings. The molecule has 0 aromatic heterocycles. The van der Waals surface area contributed by atoms with Crippen LogP contribution in [0.2, 0.25) is 0 Å². The summed E-state index contributed by atoms with van der Waals surface area (Å²) >= 11 is 0. The summed E-state index contributed by atoms with van der Waals surface area (Å²) in [6.07, 6.45) is 35.2. The van der Waals surface area contributed by atoms with Gasteiger partial charge in [-0.3, -0.25) is 23.7 Å². The molecule has 0 fully saturated rings. The van der Waals surface area contributed by atoms with Gasteiger partial charge in [0.2, 0.25) is 17.7 Å². The number of carbonyl (C=O) groups is 4. The van der Waals surface area contributed by atoms with E-state index in [0.29, 0.717) is 32.1 Å². The lowest BCUT2D eigenvalue weighted by atomic mass is 9.98. The largest absolute Gasteiger partial charge is 0.462 e. The Morgan fingerprint density at radius 2 is 1.00 bits per heavy atom. The van der Waals surface area contributed by atoms with Crippen LogP contribution in [0, 0.1) is 5.92 Å². The summed E-state index contributed by atoms with van der Waals surface area (Å²) in [5.41, 5.74) is 0. The first-order valence-corrected chi connectivity index (χ1v) is 29.2. The standard InChI is InChI=1S/C52H102N3O8P/c1-7-10-13-16-19-22-25-28-31-35-45(4)42-49(57)54-46(44-56)36-34-40-53-52(60)48(39-41-62-64(5,6)61)55-50(58)43-47(37-32-29-26-23-20-17-14-11-8-2)63-51(59)38-33-30-27-24-21-18-15-12-9-3/h45-48,56H,7-44H2,1-6H3,(H,53,60)(H,54,57)(H,55,58)/t45-,46-,47-,48+/m1/s1. The molecule has 0 spiro atoms. The highest BCUT2D eigenvalue weighted by molar-refractivity contribution is 7.57. The van der Waals surface area contributed by atoms with Crippen molar-refractivity contribution in [3.8, 4) is 0 Å². The number of hydrogen-bond acceptors (Lipinski definition) is 8. The molecule has 0 aromatic carbocycles. The van der Waals surface area contributed by atoms with Crippen LogP contribution in [0.4, 0.5) is 0 Å². The van der Waals surface area contributed by atoms with Gasteiger partial charge < -0.3 is 30.3 Å². The van der Waals surface area contributed by atoms with Gasteiger partial charge in [-0.1, -0.05) is 195 Å². The van der Waals surface area contributed by atoms with E-state index in [-0.39, 0.29) is 56.3 Å². The summed E-state index contributed by atoms with van der Waals surface area (Å²) in [4.78, 5) is 52.8. The van der Waals surface area contributed by atoms with Crippen molar-refractivity contribution >= 4 is 31.1 Å². The van der Waals surface area contributed by atoms with Crippen LogP contribution in [-0.2, 0) is 33.0 Å². The van der Waals surface area contributed by atoms with Crippen molar-refractivity contribution in [1.29, 1.82) is 0 Å². The fourth-order valence-electron chi connectivity index (χ4n) is 8.23. The summed E-state index contributed by atoms with van der Waals surface area (Å²) in [5, 5.41) is 18.7. The topological polar surface area (TPSA) is 160 Å². The van der Waals surface area contributed by atoms with E-state index in [1.807, 2.05) is 0 Å². The fourth-order valence-corrected chi connectivity index (χ4v) is 8.78. The molecule has 0 saturated heterocycles. The van der Waals surface area contributed by atoms with Gasteiger partial charge in [0.05, 0.1) is 25.7 Å². The van der Waals surface area contributed by atoms with Gasteiger partial charge in [0.15, 0.2) is 7.37 Å². The van der Waals surface area contributed by atoms with Crippen LogP contribution in [0.15, 0.2) is 0 Å². The average Bonchev–Trinajstić information content (AvgIpc) is 3.24. The highest BCUT2D eigenvalue weighted by Gasteiger charge is 2.25. The number of hydrogen-bond donors (Lipinski definition) is 4. The summed E-state index contributed by atoms with van der Waals surface area (Å²) in [6.45, 7) is 11.9. The van der Waals surface area contributed by atoms with Gasteiger partial charge in [-0.25, -0.2) is 0 Å². The van der Waals surface area contributed by atoms with Gasteiger partial charge in [-0.2, -0.15) is 0 Å². The van der Waals surface area contributed by atoms with Gasteiger partial charge in [0.25, 0.3) is 0 Å². The third-order valence-corrected chi connectivity index (χ3v) is 13.0. The number of aliphatic hydroxyl groups is 1. The van der Waals surface area contributed by atoms with Crippen molar-refractivity contribution in [2.75, 3.05) is 33.1 Å². The molecule has 4 atom stereocenters. The smallest absolute Gasteiger partial charge is 0.306 e. The Bertz CT molecular complexity index is 1180. The summed E-state index contributed by atoms with van der Waals surface area (Å²) in [7, 11) is -2.81. The molecular formula is C52H102N3O8P. The molecule has 0 aliphatic heterocycles. The number of ether oxygens (including phenoxy) is 1. The van der Waals surface area contributed by atoms with Crippen molar-refractivity contribution in [2.45, 2.75) is 271 Å². The summed E-state index contributed by atoms with van der Waals surface area (Å²) in [6, 6.07) is -1.35. The zero-order valence-corrected chi connectivity index (χ0v) is 43.3. The third-order valence-electron chi connectivity index (χ3n) is 12.2. The van der Waals surface area contributed by atoms with E-state index in [1.165, 1.54) is 142 Å². The lowest BCUT2D eigenvalue weighted by Crippen LogP contribution is -2.48. The van der Waals surface area contributed by atoms with E-state index in [9.17, 15) is 28.8 Å². The van der Waals surface area contributed by atoms with Crippen molar-refractivity contribution in [3.63, 3.8) is 0 Å². The van der Waals surface area contributed by atoms with Gasteiger partial charge in [0.1, 0.15) is 12.1 Å². The van der Waals surface area contributed by atoms with Crippen LogP contribution in [-0.4, -0.2) is 80.1 Å². The van der Waals surface area contributed by atoms with Crippen LogP contribution >= 0.6 is 7.37 Å². The monoisotopic (exact) mass is 928 g/mol. The van der Waals surface area contributed by atoms with Gasteiger partial charge in [0, 0.05) is 39.1 Å². The molecule has 64 heavy (non-hydrogen) atoms. The van der Waals surface area contributed by atoms with Crippen LogP contribution in [0.5, 0.6) is 0 Å². The molecule has 0 heterocycles. The number of amides is 3. The SMILES string of the molecule is CCCCCCCCCCCC(=O)O[C@H](CCCCCCCCCCC)CC(=O)N[C@@H](CCOP(C)(C)=O)C(=O)NCCC[C@H](CO)NC(=O)C[C@H](C)CCCCCCCCCCC. The van der Waals surface area contributed by atoms with Gasteiger partial charge in [-0.15, -0.1) is 0 Å². The summed E-state index contributed by atoms with van der Waals surface area (Å²) in [5.74, 6) is -0.851. The molecule has 0 bridgehead atoms. The molecule has 12 heteroatoms. The number of esters is 1. The van der Waals surface area contributed by atoms with Gasteiger partial charge >= 0.3 is 5.97 Å². The predicted octanol–water partition coefficient (Wildman–Crippen LogP) is 12.9. The molecule has 0 radical (unpaired) electrons. The van der Waals surface area contributed by atoms with E-state index >= 15 is 0 Å². The van der Waals surface area contributed by atoms with E-state index in [2.05, 4.69) is 43.6 Å². The lowest BCUT2D eigenvalue weighted by molar-refractivity contribution is -0.151. The second-order valence-electron chi connectivity index (χ2n) is 19.3. The van der Waals surface area contributed by atoms with E-state index in [0.717, 1.165) is 51.4 Å². The molecule has 0 rings (SSSR count). The molecule has 378 valence electrons. The van der Waals surface area contributed by atoms with Crippen molar-refractivity contribution in [2.24, 2.45) is 5.92 Å². The Morgan fingerprint density at radius 3 is 1.48 bits per heavy atom. The maximum Gasteiger partial charge on any atom is 0.306 e. The maximum atomic E-state index is 13.5. The molecule has 0 unspecified atom stereocenters. The Labute approximate surface area is 393 Å². The minimum Gasteiger partial charge on any atom is -0.462 e. The number of nitrogens with one attached hydrogen (secondary N) is 3. The number of aliphatic hydroxyl groups excluding tert-OH is 1. The van der Waals surface area contributed by atoms with E-state index in [1.54, 1.807) is 0 Å². The van der Waals surface area contributed by atoms with Crippen molar-refractivity contribution in [3.05, 3.63) is 0 Å². The number of carbonyl (C=O) groups excluding carboxylic acids is 4. The van der Waals surface area contributed by atoms with Crippen molar-refractivity contribution in [1.82, 2.24) is 16.0 Å². The number of rotatable bonds is 47. The first kappa shape index (κ1) is 62.0. The third kappa shape index (κ3) is 41.5. The molecular weight excluding hydrogens is 826 g/mol. The Morgan fingerprint density at radius 1 is 0.547 bits per heavy atom. The highest BCUT2D eigenvalue weighted by Crippen LogP contribution is 2.37. The normalized spacial score (nSPS) is 13.5. The zero-order chi connectivity index (χ0) is 47.5. The van der Waals surface area contributed by atoms with Crippen molar-refractivity contribution < 1.29 is 38.1 Å². The van der Waals surface area contributed by atoms with Crippen LogP contribution < -0.4 is 16.0 Å². The maximum absolute atomic E-state index is 13.5. The van der Waals surface area contributed by atoms with Crippen LogP contribution in [0.25, 0.3) is 0 Å². The van der Waals surface area contributed by atoms with Crippen LogP contribution in [0.3, 0.4) is 0 Å². The fraction of sp³-hybridized carbons (Fsp3) is 0.923. The second kappa shape index (κ2) is 43.6. The average molecular weight is 928 g/mol. The van der Waals surface area contributed by atoms with Crippen LogP contribution in [0.1, 0.15) is 252 Å². The molecule has 4 N–H and O–H groups in total. The Balaban J connectivity index is 5.11. The molecule has 11 nitrogen and oxygen atoms in total. The first-order valence-electron chi connectivity index (χ1n) is 26.7. The molecule has 0 aliphatic carbocycles. The minimum atomic E-state index is -2.81. The highest BCUT2D eigenvalue weighted by atomic mass is 31.2. The minimum absolute atomic E-state index is 0.0222. The second-order valence-corrected chi connectivity index (χ2v) is 22.1. The number of unbranched alkanes of at least 4 members (excludes halogenated alkanes) is 24. The molecule has 0 saturated carbocycles. The first-order chi connectivity index (χ1) is 30.8. The molecule has 3 amide bonds. The summed E-state index contributed by atoms with van der Waals surface area (Å²) < 4.78 is 23.7.